The van der Waals surface area contributed by atoms with Crippen LogP contribution in [0, 0.1) is 0 Å². The lowest BCUT2D eigenvalue weighted by Gasteiger charge is -2.21. The highest BCUT2D eigenvalue weighted by atomic mass is 35.5. The van der Waals surface area contributed by atoms with Gasteiger partial charge < -0.3 is 10.2 Å². The topological polar surface area (TPSA) is 15.3 Å². The maximum atomic E-state index is 6.18. The van der Waals surface area contributed by atoms with E-state index in [1.54, 1.807) is 12.1 Å². The van der Waals surface area contributed by atoms with Crippen LogP contribution >= 0.6 is 34.8 Å². The Hall–Kier alpha value is -1.09. The summed E-state index contributed by atoms with van der Waals surface area (Å²) in [4.78, 5) is 2.31. The standard InChI is InChI=1S/C17H19Cl3N2/c1-3-22(4-2)14-7-5-13(6-8-14)21-11-12-9-16(19)17(20)10-15(12)18/h5-10,21H,3-4,11H2,1-2H3. The van der Waals surface area contributed by atoms with Gasteiger partial charge in [0.2, 0.25) is 0 Å². The van der Waals surface area contributed by atoms with E-state index in [2.05, 4.69) is 48.3 Å². The molecule has 0 aromatic heterocycles. The molecule has 2 rings (SSSR count). The quantitative estimate of drug-likeness (QED) is 0.628. The Bertz CT molecular complexity index is 623. The molecule has 0 aliphatic carbocycles. The summed E-state index contributed by atoms with van der Waals surface area (Å²) in [5.74, 6) is 0. The van der Waals surface area contributed by atoms with Crippen molar-refractivity contribution in [2.24, 2.45) is 0 Å². The number of hydrogen-bond donors (Lipinski definition) is 1. The van der Waals surface area contributed by atoms with Crippen molar-refractivity contribution in [1.82, 2.24) is 0 Å². The van der Waals surface area contributed by atoms with Crippen LogP contribution in [-0.2, 0) is 6.54 Å². The lowest BCUT2D eigenvalue weighted by molar-refractivity contribution is 0.866. The first kappa shape index (κ1) is 17.3. The molecule has 2 aromatic rings. The molecule has 0 unspecified atom stereocenters. The number of anilines is 2. The molecule has 0 saturated carbocycles. The summed E-state index contributed by atoms with van der Waals surface area (Å²) >= 11 is 18.1. The van der Waals surface area contributed by atoms with Crippen LogP contribution in [0.25, 0.3) is 0 Å². The van der Waals surface area contributed by atoms with Gasteiger partial charge in [0.05, 0.1) is 10.0 Å². The second kappa shape index (κ2) is 7.96. The molecule has 0 spiro atoms. The van der Waals surface area contributed by atoms with Crippen LogP contribution in [0.3, 0.4) is 0 Å². The lowest BCUT2D eigenvalue weighted by Crippen LogP contribution is -2.21. The van der Waals surface area contributed by atoms with Gasteiger partial charge in [-0.1, -0.05) is 34.8 Å². The highest BCUT2D eigenvalue weighted by Crippen LogP contribution is 2.29. The third-order valence-electron chi connectivity index (χ3n) is 3.57. The molecule has 0 bridgehead atoms. The smallest absolute Gasteiger partial charge is 0.0607 e. The number of nitrogens with one attached hydrogen (secondary N) is 1. The van der Waals surface area contributed by atoms with Crippen LogP contribution in [0.1, 0.15) is 19.4 Å². The summed E-state index contributed by atoms with van der Waals surface area (Å²) < 4.78 is 0. The van der Waals surface area contributed by atoms with Gasteiger partial charge in [0, 0.05) is 36.0 Å². The van der Waals surface area contributed by atoms with Crippen molar-refractivity contribution in [2.45, 2.75) is 20.4 Å². The minimum Gasteiger partial charge on any atom is -0.381 e. The van der Waals surface area contributed by atoms with Gasteiger partial charge in [-0.2, -0.15) is 0 Å². The molecular formula is C17H19Cl3N2. The summed E-state index contributed by atoms with van der Waals surface area (Å²) in [7, 11) is 0. The zero-order valence-corrected chi connectivity index (χ0v) is 14.9. The summed E-state index contributed by atoms with van der Waals surface area (Å²) in [5, 5.41) is 4.94. The molecule has 0 amide bonds. The zero-order chi connectivity index (χ0) is 16.1. The molecule has 0 heterocycles. The van der Waals surface area contributed by atoms with Gasteiger partial charge in [-0.05, 0) is 55.8 Å². The van der Waals surface area contributed by atoms with Crippen molar-refractivity contribution in [1.29, 1.82) is 0 Å². The third-order valence-corrected chi connectivity index (χ3v) is 4.64. The molecule has 2 aromatic carbocycles. The third kappa shape index (κ3) is 4.22. The second-order valence-electron chi connectivity index (χ2n) is 4.93. The Kier molecular flexibility index (Phi) is 6.25. The average molecular weight is 358 g/mol. The van der Waals surface area contributed by atoms with Crippen molar-refractivity contribution >= 4 is 46.2 Å². The number of nitrogens with zero attached hydrogens (tertiary/aromatic N) is 1. The van der Waals surface area contributed by atoms with Gasteiger partial charge >= 0.3 is 0 Å². The lowest BCUT2D eigenvalue weighted by atomic mass is 10.2. The molecule has 1 N–H and O–H groups in total. The molecule has 0 radical (unpaired) electrons. The normalized spacial score (nSPS) is 10.6. The largest absolute Gasteiger partial charge is 0.381 e. The molecule has 118 valence electrons. The molecule has 0 fully saturated rings. The maximum absolute atomic E-state index is 6.18. The molecule has 22 heavy (non-hydrogen) atoms. The van der Waals surface area contributed by atoms with Crippen LogP contribution in [0.4, 0.5) is 11.4 Å². The van der Waals surface area contributed by atoms with E-state index in [9.17, 15) is 0 Å². The SMILES string of the molecule is CCN(CC)c1ccc(NCc2cc(Cl)c(Cl)cc2Cl)cc1. The van der Waals surface area contributed by atoms with E-state index in [4.69, 9.17) is 34.8 Å². The zero-order valence-electron chi connectivity index (χ0n) is 12.7. The highest BCUT2D eigenvalue weighted by molar-refractivity contribution is 6.43. The van der Waals surface area contributed by atoms with Gasteiger partial charge in [0.15, 0.2) is 0 Å². The Morgan fingerprint density at radius 1 is 0.864 bits per heavy atom. The van der Waals surface area contributed by atoms with E-state index in [1.807, 2.05) is 0 Å². The van der Waals surface area contributed by atoms with Gasteiger partial charge in [0.1, 0.15) is 0 Å². The molecule has 2 nitrogen and oxygen atoms in total. The van der Waals surface area contributed by atoms with E-state index in [1.165, 1.54) is 5.69 Å². The van der Waals surface area contributed by atoms with Gasteiger partial charge in [0.25, 0.3) is 0 Å². The summed E-state index contributed by atoms with van der Waals surface area (Å²) in [6.45, 7) is 6.91. The fourth-order valence-corrected chi connectivity index (χ4v) is 2.91. The Balaban J connectivity index is 2.04. The monoisotopic (exact) mass is 356 g/mol. The van der Waals surface area contributed by atoms with E-state index < -0.39 is 0 Å². The minimum absolute atomic E-state index is 0.471. The van der Waals surface area contributed by atoms with E-state index in [0.29, 0.717) is 21.6 Å². The van der Waals surface area contributed by atoms with E-state index >= 15 is 0 Å². The Labute approximate surface area is 147 Å². The Morgan fingerprint density at radius 2 is 1.45 bits per heavy atom. The molecule has 0 aliphatic heterocycles. The molecule has 5 heteroatoms. The molecule has 0 saturated heterocycles. The first-order chi connectivity index (χ1) is 10.5. The van der Waals surface area contributed by atoms with Crippen LogP contribution < -0.4 is 10.2 Å². The highest BCUT2D eigenvalue weighted by Gasteiger charge is 2.06. The summed E-state index contributed by atoms with van der Waals surface area (Å²) in [6, 6.07) is 11.8. The fourth-order valence-electron chi connectivity index (χ4n) is 2.28. The van der Waals surface area contributed by atoms with E-state index in [0.717, 1.165) is 24.3 Å². The van der Waals surface area contributed by atoms with E-state index in [-0.39, 0.29) is 0 Å². The number of hydrogen-bond acceptors (Lipinski definition) is 2. The van der Waals surface area contributed by atoms with Crippen LogP contribution in [0.5, 0.6) is 0 Å². The Morgan fingerprint density at radius 3 is 2.05 bits per heavy atom. The van der Waals surface area contributed by atoms with Crippen molar-refractivity contribution in [2.75, 3.05) is 23.3 Å². The fraction of sp³-hybridized carbons (Fsp3) is 0.294. The maximum Gasteiger partial charge on any atom is 0.0607 e. The predicted octanol–water partition coefficient (Wildman–Crippen LogP) is 6.11. The van der Waals surface area contributed by atoms with Gasteiger partial charge in [-0.3, -0.25) is 0 Å². The second-order valence-corrected chi connectivity index (χ2v) is 6.15. The average Bonchev–Trinajstić information content (AvgIpc) is 2.52. The van der Waals surface area contributed by atoms with Crippen LogP contribution in [0.2, 0.25) is 15.1 Å². The first-order valence-electron chi connectivity index (χ1n) is 7.27. The number of halogens is 3. The van der Waals surface area contributed by atoms with Gasteiger partial charge in [-0.25, -0.2) is 0 Å². The molecular weight excluding hydrogens is 339 g/mol. The summed E-state index contributed by atoms with van der Waals surface area (Å²) in [6.07, 6.45) is 0. The van der Waals surface area contributed by atoms with Crippen molar-refractivity contribution in [3.05, 3.63) is 57.0 Å². The number of benzene rings is 2. The van der Waals surface area contributed by atoms with Gasteiger partial charge in [-0.15, -0.1) is 0 Å². The van der Waals surface area contributed by atoms with Crippen molar-refractivity contribution < 1.29 is 0 Å². The molecule has 0 atom stereocenters. The molecule has 0 aliphatic rings. The summed E-state index contributed by atoms with van der Waals surface area (Å²) in [5.41, 5.74) is 3.19. The number of rotatable bonds is 6. The van der Waals surface area contributed by atoms with Crippen molar-refractivity contribution in [3.63, 3.8) is 0 Å². The minimum atomic E-state index is 0.471. The van der Waals surface area contributed by atoms with Crippen LogP contribution in [0.15, 0.2) is 36.4 Å². The van der Waals surface area contributed by atoms with Crippen molar-refractivity contribution in [3.8, 4) is 0 Å². The van der Waals surface area contributed by atoms with Crippen LogP contribution in [-0.4, -0.2) is 13.1 Å². The first-order valence-corrected chi connectivity index (χ1v) is 8.40. The predicted molar refractivity (Wildman–Crippen MR) is 98.8 cm³/mol.